The molecule has 0 fully saturated rings. The molecule has 0 radical (unpaired) electrons. The van der Waals surface area contributed by atoms with Crippen molar-refractivity contribution < 1.29 is 0 Å². The Kier molecular flexibility index (Phi) is 3.98. The first-order valence-electron chi connectivity index (χ1n) is 8.52. The molecule has 0 bridgehead atoms. The monoisotopic (exact) mass is 338 g/mol. The van der Waals surface area contributed by atoms with Crippen LogP contribution in [0.25, 0.3) is 22.4 Å². The molecule has 0 atom stereocenters. The van der Waals surface area contributed by atoms with Crippen LogP contribution in [0.5, 0.6) is 0 Å². The van der Waals surface area contributed by atoms with Crippen LogP contribution in [0.2, 0.25) is 0 Å². The smallest absolute Gasteiger partial charge is 0.141 e. The predicted octanol–water partition coefficient (Wildman–Crippen LogP) is 4.64. The maximum atomic E-state index is 9.00. The Hall–Kier alpha value is -3.45. The number of aromatic nitrogens is 3. The Labute approximate surface area is 152 Å². The second-order valence-electron chi connectivity index (χ2n) is 6.49. The summed E-state index contributed by atoms with van der Waals surface area (Å²) in [6.45, 7) is 4.93. The van der Waals surface area contributed by atoms with Crippen molar-refractivity contribution in [3.8, 4) is 17.5 Å². The van der Waals surface area contributed by atoms with E-state index in [1.165, 1.54) is 11.1 Å². The summed E-state index contributed by atoms with van der Waals surface area (Å²) in [5, 5.41) is 9.00. The SMILES string of the molecule is Cc1cc2nc(-c3ccncc3)n(Cc3ccc(C#N)cc3)c2cc1C. The molecule has 126 valence electrons. The van der Waals surface area contributed by atoms with E-state index in [1.54, 1.807) is 12.4 Å². The fraction of sp³-hybridized carbons (Fsp3) is 0.136. The van der Waals surface area contributed by atoms with Gasteiger partial charge < -0.3 is 4.57 Å². The van der Waals surface area contributed by atoms with E-state index >= 15 is 0 Å². The van der Waals surface area contributed by atoms with Crippen LogP contribution >= 0.6 is 0 Å². The first-order valence-corrected chi connectivity index (χ1v) is 8.52. The van der Waals surface area contributed by atoms with Gasteiger partial charge in [-0.15, -0.1) is 0 Å². The molecular formula is C22H18N4. The first kappa shape index (κ1) is 16.0. The lowest BCUT2D eigenvalue weighted by Crippen LogP contribution is -2.02. The molecule has 26 heavy (non-hydrogen) atoms. The van der Waals surface area contributed by atoms with Crippen LogP contribution < -0.4 is 0 Å². The van der Waals surface area contributed by atoms with Gasteiger partial charge in [-0.05, 0) is 66.9 Å². The van der Waals surface area contributed by atoms with Crippen LogP contribution in [0.1, 0.15) is 22.3 Å². The molecule has 4 heteroatoms. The zero-order valence-electron chi connectivity index (χ0n) is 14.8. The Morgan fingerprint density at radius 3 is 2.35 bits per heavy atom. The van der Waals surface area contributed by atoms with Gasteiger partial charge in [-0.25, -0.2) is 4.98 Å². The molecule has 0 unspecified atom stereocenters. The summed E-state index contributed by atoms with van der Waals surface area (Å²) in [4.78, 5) is 9.02. The van der Waals surface area contributed by atoms with E-state index in [0.29, 0.717) is 12.1 Å². The van der Waals surface area contributed by atoms with Crippen LogP contribution in [0.3, 0.4) is 0 Å². The van der Waals surface area contributed by atoms with Crippen LogP contribution in [0.4, 0.5) is 0 Å². The number of nitrogens with zero attached hydrogens (tertiary/aromatic N) is 4. The highest BCUT2D eigenvalue weighted by Gasteiger charge is 2.14. The molecule has 4 rings (SSSR count). The summed E-state index contributed by atoms with van der Waals surface area (Å²) < 4.78 is 2.23. The number of aryl methyl sites for hydroxylation is 2. The van der Waals surface area contributed by atoms with Crippen molar-refractivity contribution in [3.63, 3.8) is 0 Å². The molecule has 0 spiro atoms. The highest BCUT2D eigenvalue weighted by molar-refractivity contribution is 5.82. The van der Waals surface area contributed by atoms with E-state index in [-0.39, 0.29) is 0 Å². The number of rotatable bonds is 3. The van der Waals surface area contributed by atoms with E-state index in [4.69, 9.17) is 10.2 Å². The molecule has 0 aliphatic rings. The Morgan fingerprint density at radius 2 is 1.65 bits per heavy atom. The van der Waals surface area contributed by atoms with Crippen LogP contribution in [-0.4, -0.2) is 14.5 Å². The lowest BCUT2D eigenvalue weighted by atomic mass is 10.1. The minimum Gasteiger partial charge on any atom is -0.319 e. The van der Waals surface area contributed by atoms with Gasteiger partial charge in [-0.2, -0.15) is 5.26 Å². The number of nitriles is 1. The highest BCUT2D eigenvalue weighted by atomic mass is 15.1. The Morgan fingerprint density at radius 1 is 0.962 bits per heavy atom. The fourth-order valence-corrected chi connectivity index (χ4v) is 3.13. The van der Waals surface area contributed by atoms with Gasteiger partial charge in [0.2, 0.25) is 0 Å². The van der Waals surface area contributed by atoms with Gasteiger partial charge in [-0.1, -0.05) is 12.1 Å². The number of hydrogen-bond acceptors (Lipinski definition) is 3. The van der Waals surface area contributed by atoms with Crippen molar-refractivity contribution in [1.29, 1.82) is 5.26 Å². The Bertz CT molecular complexity index is 1120. The van der Waals surface area contributed by atoms with Gasteiger partial charge in [0.1, 0.15) is 5.82 Å². The zero-order chi connectivity index (χ0) is 18.1. The second kappa shape index (κ2) is 6.45. The Balaban J connectivity index is 1.89. The van der Waals surface area contributed by atoms with Crippen molar-refractivity contribution >= 4 is 11.0 Å². The maximum Gasteiger partial charge on any atom is 0.141 e. The standard InChI is InChI=1S/C22H18N4/c1-15-11-20-21(12-16(15)2)26(14-18-5-3-17(13-23)4-6-18)22(25-20)19-7-9-24-10-8-19/h3-12H,14H2,1-2H3. The van der Waals surface area contributed by atoms with Crippen molar-refractivity contribution in [2.24, 2.45) is 0 Å². The average Bonchev–Trinajstić information content (AvgIpc) is 3.01. The van der Waals surface area contributed by atoms with Gasteiger partial charge in [-0.3, -0.25) is 4.98 Å². The molecule has 2 heterocycles. The number of imidazole rings is 1. The first-order chi connectivity index (χ1) is 12.7. The molecule has 4 nitrogen and oxygen atoms in total. The van der Waals surface area contributed by atoms with E-state index in [2.05, 4.69) is 41.6 Å². The summed E-state index contributed by atoms with van der Waals surface area (Å²) >= 11 is 0. The highest BCUT2D eigenvalue weighted by Crippen LogP contribution is 2.27. The molecule has 4 aromatic rings. The van der Waals surface area contributed by atoms with E-state index in [0.717, 1.165) is 28.0 Å². The molecule has 2 aromatic carbocycles. The van der Waals surface area contributed by atoms with Gasteiger partial charge in [0, 0.05) is 24.5 Å². The van der Waals surface area contributed by atoms with Crippen LogP contribution in [-0.2, 0) is 6.54 Å². The summed E-state index contributed by atoms with van der Waals surface area (Å²) in [7, 11) is 0. The summed E-state index contributed by atoms with van der Waals surface area (Å²) in [5.41, 5.74) is 7.45. The third kappa shape index (κ3) is 2.84. The van der Waals surface area contributed by atoms with E-state index < -0.39 is 0 Å². The number of benzene rings is 2. The lowest BCUT2D eigenvalue weighted by molar-refractivity contribution is 0.833. The molecule has 0 N–H and O–H groups in total. The largest absolute Gasteiger partial charge is 0.319 e. The molecular weight excluding hydrogens is 320 g/mol. The normalized spacial score (nSPS) is 10.8. The average molecular weight is 338 g/mol. The topological polar surface area (TPSA) is 54.5 Å². The lowest BCUT2D eigenvalue weighted by Gasteiger charge is -2.10. The van der Waals surface area contributed by atoms with Gasteiger partial charge >= 0.3 is 0 Å². The third-order valence-electron chi connectivity index (χ3n) is 4.73. The van der Waals surface area contributed by atoms with Gasteiger partial charge in [0.05, 0.1) is 22.7 Å². The third-order valence-corrected chi connectivity index (χ3v) is 4.73. The minimum atomic E-state index is 0.671. The zero-order valence-corrected chi connectivity index (χ0v) is 14.8. The molecule has 0 aliphatic heterocycles. The minimum absolute atomic E-state index is 0.671. The quantitative estimate of drug-likeness (QED) is 0.547. The molecule has 0 saturated carbocycles. The predicted molar refractivity (Wildman–Crippen MR) is 103 cm³/mol. The summed E-state index contributed by atoms with van der Waals surface area (Å²) in [6, 6.07) is 18.2. The fourth-order valence-electron chi connectivity index (χ4n) is 3.13. The summed E-state index contributed by atoms with van der Waals surface area (Å²) in [6.07, 6.45) is 3.58. The second-order valence-corrected chi connectivity index (χ2v) is 6.49. The molecule has 2 aromatic heterocycles. The van der Waals surface area contributed by atoms with Crippen LogP contribution in [0.15, 0.2) is 60.9 Å². The molecule has 0 aliphatic carbocycles. The maximum absolute atomic E-state index is 9.00. The van der Waals surface area contributed by atoms with Gasteiger partial charge in [0.25, 0.3) is 0 Å². The summed E-state index contributed by atoms with van der Waals surface area (Å²) in [5.74, 6) is 0.928. The number of fused-ring (bicyclic) bond motifs is 1. The number of pyridine rings is 1. The van der Waals surface area contributed by atoms with Crippen molar-refractivity contribution in [1.82, 2.24) is 14.5 Å². The van der Waals surface area contributed by atoms with Crippen LogP contribution in [0, 0.1) is 25.2 Å². The molecule has 0 amide bonds. The van der Waals surface area contributed by atoms with Gasteiger partial charge in [0.15, 0.2) is 0 Å². The van der Waals surface area contributed by atoms with Crippen molar-refractivity contribution in [2.75, 3.05) is 0 Å². The van der Waals surface area contributed by atoms with E-state index in [9.17, 15) is 0 Å². The molecule has 0 saturated heterocycles. The van der Waals surface area contributed by atoms with Crippen molar-refractivity contribution in [2.45, 2.75) is 20.4 Å². The van der Waals surface area contributed by atoms with Crippen molar-refractivity contribution in [3.05, 3.63) is 83.2 Å². The number of hydrogen-bond donors (Lipinski definition) is 0. The van der Waals surface area contributed by atoms with E-state index in [1.807, 2.05) is 36.4 Å².